The fraction of sp³-hybridized carbons (Fsp3) is 0.364. The van der Waals surface area contributed by atoms with Gasteiger partial charge in [-0.3, -0.25) is 0 Å². The largest absolute Gasteiger partial charge is 0.192 e. The molecule has 0 amide bonds. The Morgan fingerprint density at radius 3 is 2.69 bits per heavy atom. The van der Waals surface area contributed by atoms with E-state index in [0.717, 1.165) is 15.7 Å². The molecule has 1 aliphatic carbocycles. The van der Waals surface area contributed by atoms with Crippen LogP contribution in [-0.4, -0.2) is 5.25 Å². The summed E-state index contributed by atoms with van der Waals surface area (Å²) in [6.45, 7) is 0. The Hall–Kier alpha value is -0.940. The standard InChI is InChI=1S/C11H11NS/c12-8-9-4-1-2-7-11(9)13-10-5-3-6-10/h1-2,4,7,10H,3,5-6H2. The summed E-state index contributed by atoms with van der Waals surface area (Å²) in [6.07, 6.45) is 3.97. The molecule has 0 radical (unpaired) electrons. The van der Waals surface area contributed by atoms with Gasteiger partial charge in [0.15, 0.2) is 0 Å². The smallest absolute Gasteiger partial charge is 0.100 e. The molecule has 0 aliphatic heterocycles. The molecule has 0 saturated heterocycles. The number of thioether (sulfide) groups is 1. The van der Waals surface area contributed by atoms with Crippen LogP contribution in [0.3, 0.4) is 0 Å². The average molecular weight is 189 g/mol. The van der Waals surface area contributed by atoms with E-state index in [4.69, 9.17) is 5.26 Å². The van der Waals surface area contributed by atoms with Gasteiger partial charge in [-0.25, -0.2) is 0 Å². The summed E-state index contributed by atoms with van der Waals surface area (Å²) in [5.41, 5.74) is 0.819. The summed E-state index contributed by atoms with van der Waals surface area (Å²) in [5.74, 6) is 0. The van der Waals surface area contributed by atoms with Crippen LogP contribution in [0.1, 0.15) is 24.8 Å². The second-order valence-electron chi connectivity index (χ2n) is 3.28. The first-order valence-electron chi connectivity index (χ1n) is 4.56. The zero-order valence-electron chi connectivity index (χ0n) is 7.36. The molecule has 66 valence electrons. The molecule has 0 aromatic heterocycles. The Kier molecular flexibility index (Phi) is 2.56. The molecule has 1 fully saturated rings. The van der Waals surface area contributed by atoms with Crippen molar-refractivity contribution in [2.75, 3.05) is 0 Å². The number of hydrogen-bond acceptors (Lipinski definition) is 2. The Labute approximate surface area is 82.8 Å². The topological polar surface area (TPSA) is 23.8 Å². The van der Waals surface area contributed by atoms with Gasteiger partial charge in [0.25, 0.3) is 0 Å². The number of rotatable bonds is 2. The Morgan fingerprint density at radius 1 is 1.31 bits per heavy atom. The van der Waals surface area contributed by atoms with Gasteiger partial charge >= 0.3 is 0 Å². The number of benzene rings is 1. The maximum Gasteiger partial charge on any atom is 0.100 e. The van der Waals surface area contributed by atoms with Crippen LogP contribution in [0, 0.1) is 11.3 Å². The molecule has 0 spiro atoms. The van der Waals surface area contributed by atoms with E-state index in [-0.39, 0.29) is 0 Å². The van der Waals surface area contributed by atoms with Gasteiger partial charge < -0.3 is 0 Å². The minimum Gasteiger partial charge on any atom is -0.192 e. The molecule has 0 N–H and O–H groups in total. The molecule has 13 heavy (non-hydrogen) atoms. The first kappa shape index (κ1) is 8.65. The second-order valence-corrected chi connectivity index (χ2v) is 4.62. The van der Waals surface area contributed by atoms with E-state index in [1.165, 1.54) is 19.3 Å². The summed E-state index contributed by atoms with van der Waals surface area (Å²) < 4.78 is 0. The Balaban J connectivity index is 2.14. The lowest BCUT2D eigenvalue weighted by molar-refractivity contribution is 0.522. The number of hydrogen-bond donors (Lipinski definition) is 0. The molecule has 2 heteroatoms. The first-order chi connectivity index (χ1) is 6.40. The van der Waals surface area contributed by atoms with Gasteiger partial charge in [-0.05, 0) is 25.0 Å². The summed E-state index contributed by atoms with van der Waals surface area (Å²) in [7, 11) is 0. The molecule has 1 nitrogen and oxygen atoms in total. The number of nitrogens with zero attached hydrogens (tertiary/aromatic N) is 1. The van der Waals surface area contributed by atoms with Crippen LogP contribution in [-0.2, 0) is 0 Å². The highest BCUT2D eigenvalue weighted by atomic mass is 32.2. The van der Waals surface area contributed by atoms with Crippen LogP contribution < -0.4 is 0 Å². The molecule has 0 unspecified atom stereocenters. The van der Waals surface area contributed by atoms with E-state index < -0.39 is 0 Å². The number of nitriles is 1. The monoisotopic (exact) mass is 189 g/mol. The van der Waals surface area contributed by atoms with Gasteiger partial charge in [-0.15, -0.1) is 11.8 Å². The van der Waals surface area contributed by atoms with Crippen molar-refractivity contribution in [3.05, 3.63) is 29.8 Å². The molecule has 1 aromatic rings. The third-order valence-corrected chi connectivity index (χ3v) is 3.77. The fourth-order valence-corrected chi connectivity index (χ4v) is 2.66. The van der Waals surface area contributed by atoms with E-state index in [1.54, 1.807) is 0 Å². The summed E-state index contributed by atoms with van der Waals surface area (Å²) in [4.78, 5) is 1.15. The van der Waals surface area contributed by atoms with Gasteiger partial charge in [0.05, 0.1) is 5.56 Å². The van der Waals surface area contributed by atoms with Gasteiger partial charge in [0.1, 0.15) is 6.07 Å². The van der Waals surface area contributed by atoms with E-state index in [9.17, 15) is 0 Å². The molecule has 1 aromatic carbocycles. The quantitative estimate of drug-likeness (QED) is 0.713. The highest BCUT2D eigenvalue weighted by Crippen LogP contribution is 2.37. The van der Waals surface area contributed by atoms with Crippen LogP contribution in [0.4, 0.5) is 0 Å². The van der Waals surface area contributed by atoms with Gasteiger partial charge in [0.2, 0.25) is 0 Å². The van der Waals surface area contributed by atoms with Crippen molar-refractivity contribution in [3.8, 4) is 6.07 Å². The van der Waals surface area contributed by atoms with Crippen molar-refractivity contribution in [2.24, 2.45) is 0 Å². The van der Waals surface area contributed by atoms with Crippen molar-refractivity contribution in [1.29, 1.82) is 5.26 Å². The molecule has 0 heterocycles. The van der Waals surface area contributed by atoms with Crippen LogP contribution in [0.15, 0.2) is 29.2 Å². The van der Waals surface area contributed by atoms with Crippen molar-refractivity contribution < 1.29 is 0 Å². The summed E-state index contributed by atoms with van der Waals surface area (Å²) in [6, 6.07) is 10.1. The molecule has 1 aliphatic rings. The predicted octanol–water partition coefficient (Wildman–Crippen LogP) is 3.20. The molecule has 0 atom stereocenters. The van der Waals surface area contributed by atoms with Gasteiger partial charge in [-0.2, -0.15) is 5.26 Å². The molecule has 2 rings (SSSR count). The Morgan fingerprint density at radius 2 is 2.08 bits per heavy atom. The highest BCUT2D eigenvalue weighted by Gasteiger charge is 2.19. The maximum atomic E-state index is 8.86. The van der Waals surface area contributed by atoms with Crippen LogP contribution in [0.2, 0.25) is 0 Å². The van der Waals surface area contributed by atoms with Gasteiger partial charge in [-0.1, -0.05) is 18.6 Å². The summed E-state index contributed by atoms with van der Waals surface area (Å²) >= 11 is 1.86. The average Bonchev–Trinajstić information content (AvgIpc) is 2.12. The zero-order chi connectivity index (χ0) is 9.10. The van der Waals surface area contributed by atoms with E-state index in [2.05, 4.69) is 6.07 Å². The van der Waals surface area contributed by atoms with E-state index in [1.807, 2.05) is 36.0 Å². The lowest BCUT2D eigenvalue weighted by Crippen LogP contribution is -2.12. The predicted molar refractivity (Wildman–Crippen MR) is 54.7 cm³/mol. The van der Waals surface area contributed by atoms with Crippen molar-refractivity contribution in [3.63, 3.8) is 0 Å². The van der Waals surface area contributed by atoms with Crippen molar-refractivity contribution in [1.82, 2.24) is 0 Å². The van der Waals surface area contributed by atoms with Crippen LogP contribution in [0.25, 0.3) is 0 Å². The van der Waals surface area contributed by atoms with E-state index in [0.29, 0.717) is 0 Å². The third-order valence-electron chi connectivity index (χ3n) is 2.35. The maximum absolute atomic E-state index is 8.86. The normalized spacial score (nSPS) is 16.2. The molecule has 0 bridgehead atoms. The molecule has 1 saturated carbocycles. The van der Waals surface area contributed by atoms with Crippen LogP contribution >= 0.6 is 11.8 Å². The SMILES string of the molecule is N#Cc1ccccc1SC1CCC1. The lowest BCUT2D eigenvalue weighted by atomic mass is 10.00. The third kappa shape index (κ3) is 1.87. The zero-order valence-corrected chi connectivity index (χ0v) is 8.18. The fourth-order valence-electron chi connectivity index (χ4n) is 1.33. The lowest BCUT2D eigenvalue weighted by Gasteiger charge is -2.24. The summed E-state index contributed by atoms with van der Waals surface area (Å²) in [5, 5.41) is 9.62. The molecular weight excluding hydrogens is 178 g/mol. The minimum absolute atomic E-state index is 0.759. The molecular formula is C11H11NS. The second kappa shape index (κ2) is 3.85. The minimum atomic E-state index is 0.759. The first-order valence-corrected chi connectivity index (χ1v) is 5.44. The highest BCUT2D eigenvalue weighted by molar-refractivity contribution is 8.00. The Bertz CT molecular complexity index is 336. The van der Waals surface area contributed by atoms with Gasteiger partial charge in [0, 0.05) is 10.1 Å². The van der Waals surface area contributed by atoms with Crippen molar-refractivity contribution >= 4 is 11.8 Å². The van der Waals surface area contributed by atoms with Crippen molar-refractivity contribution in [2.45, 2.75) is 29.4 Å². The van der Waals surface area contributed by atoms with Crippen LogP contribution in [0.5, 0.6) is 0 Å². The van der Waals surface area contributed by atoms with E-state index >= 15 is 0 Å².